The first-order chi connectivity index (χ1) is 8.43. The minimum atomic E-state index is -1.34. The van der Waals surface area contributed by atoms with E-state index >= 15 is 0 Å². The molecule has 0 fully saturated rings. The summed E-state index contributed by atoms with van der Waals surface area (Å²) in [5, 5.41) is 19.4. The van der Waals surface area contributed by atoms with Crippen LogP contribution in [-0.2, 0) is 4.79 Å². The Labute approximate surface area is 101 Å². The molecule has 0 aliphatic rings. The molecule has 0 saturated carbocycles. The number of amides is 1. The maximum Gasteiger partial charge on any atom is 0.326 e. The SMILES string of the molecule is O=C(N[C@@H](CCO)C(=O)O)c1cc(F)cc(F)c1. The van der Waals surface area contributed by atoms with Gasteiger partial charge in [0.25, 0.3) is 5.91 Å². The van der Waals surface area contributed by atoms with Crippen molar-refractivity contribution in [1.29, 1.82) is 0 Å². The molecule has 0 bridgehead atoms. The highest BCUT2D eigenvalue weighted by molar-refractivity contribution is 5.96. The normalized spacial score (nSPS) is 11.9. The van der Waals surface area contributed by atoms with Gasteiger partial charge >= 0.3 is 5.97 Å². The van der Waals surface area contributed by atoms with Gasteiger partial charge in [-0.25, -0.2) is 13.6 Å². The zero-order chi connectivity index (χ0) is 13.7. The number of aliphatic carboxylic acids is 1. The van der Waals surface area contributed by atoms with E-state index in [0.29, 0.717) is 6.07 Å². The van der Waals surface area contributed by atoms with E-state index in [0.717, 1.165) is 12.1 Å². The molecule has 1 rings (SSSR count). The van der Waals surface area contributed by atoms with Crippen LogP contribution >= 0.6 is 0 Å². The van der Waals surface area contributed by atoms with Gasteiger partial charge in [-0.05, 0) is 12.1 Å². The molecular weight excluding hydrogens is 248 g/mol. The fourth-order valence-electron chi connectivity index (χ4n) is 1.31. The van der Waals surface area contributed by atoms with E-state index in [9.17, 15) is 18.4 Å². The van der Waals surface area contributed by atoms with Gasteiger partial charge in [-0.15, -0.1) is 0 Å². The van der Waals surface area contributed by atoms with Crippen molar-refractivity contribution in [2.75, 3.05) is 6.61 Å². The zero-order valence-corrected chi connectivity index (χ0v) is 9.19. The van der Waals surface area contributed by atoms with Crippen molar-refractivity contribution in [1.82, 2.24) is 5.32 Å². The number of carboxylic acid groups (broad SMARTS) is 1. The summed E-state index contributed by atoms with van der Waals surface area (Å²) in [4.78, 5) is 22.3. The Kier molecular flexibility index (Phi) is 4.73. The van der Waals surface area contributed by atoms with Crippen molar-refractivity contribution in [3.63, 3.8) is 0 Å². The Morgan fingerprint density at radius 1 is 1.22 bits per heavy atom. The number of hydrogen-bond donors (Lipinski definition) is 3. The van der Waals surface area contributed by atoms with Crippen molar-refractivity contribution in [3.05, 3.63) is 35.4 Å². The molecule has 0 aliphatic heterocycles. The van der Waals surface area contributed by atoms with Gasteiger partial charge in [0.1, 0.15) is 17.7 Å². The number of nitrogens with one attached hydrogen (secondary N) is 1. The number of rotatable bonds is 5. The molecule has 3 N–H and O–H groups in total. The van der Waals surface area contributed by atoms with Crippen LogP contribution in [0.4, 0.5) is 8.78 Å². The van der Waals surface area contributed by atoms with E-state index in [-0.39, 0.29) is 12.0 Å². The lowest BCUT2D eigenvalue weighted by atomic mass is 10.1. The highest BCUT2D eigenvalue weighted by atomic mass is 19.1. The van der Waals surface area contributed by atoms with Crippen LogP contribution < -0.4 is 5.32 Å². The predicted molar refractivity (Wildman–Crippen MR) is 57.0 cm³/mol. The summed E-state index contributed by atoms with van der Waals surface area (Å²) in [6, 6.07) is 0.861. The maximum absolute atomic E-state index is 12.9. The lowest BCUT2D eigenvalue weighted by Crippen LogP contribution is -2.41. The topological polar surface area (TPSA) is 86.6 Å². The van der Waals surface area contributed by atoms with E-state index in [1.807, 2.05) is 0 Å². The zero-order valence-electron chi connectivity index (χ0n) is 9.19. The van der Waals surface area contributed by atoms with E-state index < -0.39 is 36.2 Å². The molecule has 1 atom stereocenters. The first-order valence-corrected chi connectivity index (χ1v) is 5.04. The molecule has 0 aliphatic carbocycles. The second kappa shape index (κ2) is 6.06. The molecule has 18 heavy (non-hydrogen) atoms. The van der Waals surface area contributed by atoms with Gasteiger partial charge in [-0.3, -0.25) is 4.79 Å². The van der Waals surface area contributed by atoms with Gasteiger partial charge in [0.15, 0.2) is 0 Å². The monoisotopic (exact) mass is 259 g/mol. The van der Waals surface area contributed by atoms with E-state index in [2.05, 4.69) is 5.32 Å². The van der Waals surface area contributed by atoms with Crippen LogP contribution in [0.3, 0.4) is 0 Å². The number of carbonyl (C=O) groups is 2. The molecule has 0 radical (unpaired) electrons. The van der Waals surface area contributed by atoms with Crippen LogP contribution in [0, 0.1) is 11.6 Å². The molecule has 0 unspecified atom stereocenters. The maximum atomic E-state index is 12.9. The number of aliphatic hydroxyl groups excluding tert-OH is 1. The number of aliphatic hydroxyl groups is 1. The van der Waals surface area contributed by atoms with Gasteiger partial charge < -0.3 is 15.5 Å². The standard InChI is InChI=1S/C11H11F2NO4/c12-7-3-6(4-8(13)5-7)10(16)14-9(1-2-15)11(17)18/h3-5,9,15H,1-2H2,(H,14,16)(H,17,18)/t9-/m0/s1. The third-order valence-corrected chi connectivity index (χ3v) is 2.15. The molecule has 0 aromatic heterocycles. The summed E-state index contributed by atoms with van der Waals surface area (Å²) in [5.41, 5.74) is -0.323. The van der Waals surface area contributed by atoms with E-state index in [1.165, 1.54) is 0 Å². The summed E-state index contributed by atoms with van der Waals surface area (Å²) in [6.07, 6.45) is -0.196. The minimum absolute atomic E-state index is 0.196. The smallest absolute Gasteiger partial charge is 0.326 e. The lowest BCUT2D eigenvalue weighted by Gasteiger charge is -2.13. The van der Waals surface area contributed by atoms with Crippen LogP contribution in [0.1, 0.15) is 16.8 Å². The summed E-state index contributed by atoms with van der Waals surface area (Å²) in [7, 11) is 0. The van der Waals surface area contributed by atoms with Crippen molar-refractivity contribution >= 4 is 11.9 Å². The molecule has 7 heteroatoms. The second-order valence-electron chi connectivity index (χ2n) is 3.53. The second-order valence-corrected chi connectivity index (χ2v) is 3.53. The Hall–Kier alpha value is -2.02. The first-order valence-electron chi connectivity index (χ1n) is 5.04. The summed E-state index contributed by atoms with van der Waals surface area (Å²) in [5.74, 6) is -4.13. The first kappa shape index (κ1) is 14.0. The van der Waals surface area contributed by atoms with Gasteiger partial charge in [0, 0.05) is 24.7 Å². The number of halogens is 2. The molecule has 1 aromatic carbocycles. The molecule has 0 heterocycles. The average Bonchev–Trinajstić information content (AvgIpc) is 2.26. The van der Waals surface area contributed by atoms with Crippen LogP contribution in [-0.4, -0.2) is 34.7 Å². The summed E-state index contributed by atoms with van der Waals surface area (Å²) < 4.78 is 25.7. The molecule has 1 amide bonds. The third-order valence-electron chi connectivity index (χ3n) is 2.15. The lowest BCUT2D eigenvalue weighted by molar-refractivity contribution is -0.139. The summed E-state index contributed by atoms with van der Waals surface area (Å²) in [6.45, 7) is -0.436. The van der Waals surface area contributed by atoms with Gasteiger partial charge in [-0.1, -0.05) is 0 Å². The van der Waals surface area contributed by atoms with E-state index in [4.69, 9.17) is 10.2 Å². The highest BCUT2D eigenvalue weighted by Crippen LogP contribution is 2.08. The van der Waals surface area contributed by atoms with Crippen molar-refractivity contribution in [3.8, 4) is 0 Å². The highest BCUT2D eigenvalue weighted by Gasteiger charge is 2.20. The van der Waals surface area contributed by atoms with Crippen LogP contribution in [0.2, 0.25) is 0 Å². The summed E-state index contributed by atoms with van der Waals surface area (Å²) >= 11 is 0. The van der Waals surface area contributed by atoms with Gasteiger partial charge in [0.05, 0.1) is 0 Å². The van der Waals surface area contributed by atoms with Crippen molar-refractivity contribution in [2.24, 2.45) is 0 Å². The third kappa shape index (κ3) is 3.77. The minimum Gasteiger partial charge on any atom is -0.480 e. The van der Waals surface area contributed by atoms with Crippen molar-refractivity contribution < 1.29 is 28.6 Å². The Morgan fingerprint density at radius 2 is 1.78 bits per heavy atom. The fraction of sp³-hybridized carbons (Fsp3) is 0.273. The number of benzene rings is 1. The molecule has 0 spiro atoms. The quantitative estimate of drug-likeness (QED) is 0.720. The molecule has 1 aromatic rings. The Balaban J connectivity index is 2.83. The molecule has 0 saturated heterocycles. The number of carbonyl (C=O) groups excluding carboxylic acids is 1. The molecule has 98 valence electrons. The average molecular weight is 259 g/mol. The van der Waals surface area contributed by atoms with Crippen LogP contribution in [0.25, 0.3) is 0 Å². The Bertz CT molecular complexity index is 444. The largest absolute Gasteiger partial charge is 0.480 e. The fourth-order valence-corrected chi connectivity index (χ4v) is 1.31. The molecule has 5 nitrogen and oxygen atoms in total. The number of carboxylic acids is 1. The Morgan fingerprint density at radius 3 is 2.22 bits per heavy atom. The van der Waals surface area contributed by atoms with Crippen LogP contribution in [0.15, 0.2) is 18.2 Å². The molecular formula is C11H11F2NO4. The van der Waals surface area contributed by atoms with Crippen LogP contribution in [0.5, 0.6) is 0 Å². The van der Waals surface area contributed by atoms with Gasteiger partial charge in [-0.2, -0.15) is 0 Å². The van der Waals surface area contributed by atoms with Crippen molar-refractivity contribution in [2.45, 2.75) is 12.5 Å². The van der Waals surface area contributed by atoms with Gasteiger partial charge in [0.2, 0.25) is 0 Å². The number of hydrogen-bond acceptors (Lipinski definition) is 3. The van der Waals surface area contributed by atoms with E-state index in [1.54, 1.807) is 0 Å². The predicted octanol–water partition coefficient (Wildman–Crippen LogP) is 0.530.